The normalized spacial score (nSPS) is 45.4. The molecular formula is C28H46. The largest absolute Gasteiger partial charge is 0.0848 e. The summed E-state index contributed by atoms with van der Waals surface area (Å²) in [6.45, 7) is 4.88. The Morgan fingerprint density at radius 1 is 0.500 bits per heavy atom. The third-order valence-electron chi connectivity index (χ3n) is 9.28. The third kappa shape index (κ3) is 5.54. The maximum atomic E-state index is 2.63. The van der Waals surface area contributed by atoms with Crippen LogP contribution in [0.15, 0.2) is 24.3 Å². The minimum atomic E-state index is 0.733. The molecule has 0 amide bonds. The van der Waals surface area contributed by atoms with Gasteiger partial charge in [0.05, 0.1) is 0 Å². The van der Waals surface area contributed by atoms with E-state index in [-0.39, 0.29) is 0 Å². The van der Waals surface area contributed by atoms with Crippen molar-refractivity contribution in [3.8, 4) is 0 Å². The molecule has 4 aliphatic carbocycles. The van der Waals surface area contributed by atoms with E-state index in [1.807, 2.05) is 0 Å². The first-order valence-corrected chi connectivity index (χ1v) is 13.0. The number of allylic oxidation sites excluding steroid dienone is 4. The first-order valence-electron chi connectivity index (χ1n) is 13.0. The minimum Gasteiger partial charge on any atom is -0.0848 e. The molecule has 0 bridgehead atoms. The highest BCUT2D eigenvalue weighted by Gasteiger charge is 2.32. The first kappa shape index (κ1) is 20.7. The lowest BCUT2D eigenvalue weighted by Crippen LogP contribution is -2.28. The average molecular weight is 383 g/mol. The Kier molecular flexibility index (Phi) is 7.40. The van der Waals surface area contributed by atoms with Gasteiger partial charge in [-0.1, -0.05) is 63.8 Å². The monoisotopic (exact) mass is 382 g/mol. The molecule has 0 saturated heterocycles. The molecule has 0 aliphatic heterocycles. The van der Waals surface area contributed by atoms with Gasteiger partial charge in [0.1, 0.15) is 0 Å². The molecule has 0 spiro atoms. The SMILES string of the molecule is CC1CCC(/C=C/C2C=CC(C3CCC(C4CCC(C)CC4)CC3)CC2)CC1. The second-order valence-corrected chi connectivity index (χ2v) is 11.4. The van der Waals surface area contributed by atoms with E-state index in [0.29, 0.717) is 0 Å². The summed E-state index contributed by atoms with van der Waals surface area (Å²) in [5, 5.41) is 0. The van der Waals surface area contributed by atoms with Crippen molar-refractivity contribution in [2.75, 3.05) is 0 Å². The van der Waals surface area contributed by atoms with Crippen molar-refractivity contribution in [1.29, 1.82) is 0 Å². The highest BCUT2D eigenvalue weighted by Crippen LogP contribution is 2.44. The molecule has 0 aromatic heterocycles. The Morgan fingerprint density at radius 3 is 1.61 bits per heavy atom. The second kappa shape index (κ2) is 9.99. The number of hydrogen-bond acceptors (Lipinski definition) is 0. The fraction of sp³-hybridized carbons (Fsp3) is 0.857. The van der Waals surface area contributed by atoms with Crippen LogP contribution in [0.1, 0.15) is 104 Å². The molecule has 28 heavy (non-hydrogen) atoms. The van der Waals surface area contributed by atoms with Crippen LogP contribution in [0.25, 0.3) is 0 Å². The van der Waals surface area contributed by atoms with Crippen molar-refractivity contribution in [1.82, 2.24) is 0 Å². The lowest BCUT2D eigenvalue weighted by Gasteiger charge is -2.39. The smallest absolute Gasteiger partial charge is 0.00531 e. The lowest BCUT2D eigenvalue weighted by molar-refractivity contribution is 0.133. The second-order valence-electron chi connectivity index (χ2n) is 11.4. The summed E-state index contributed by atoms with van der Waals surface area (Å²) in [7, 11) is 0. The van der Waals surface area contributed by atoms with Crippen molar-refractivity contribution in [3.05, 3.63) is 24.3 Å². The Hall–Kier alpha value is -0.520. The van der Waals surface area contributed by atoms with Crippen LogP contribution in [-0.2, 0) is 0 Å². The van der Waals surface area contributed by atoms with Crippen LogP contribution in [0.3, 0.4) is 0 Å². The fourth-order valence-corrected chi connectivity index (χ4v) is 7.00. The highest BCUT2D eigenvalue weighted by atomic mass is 14.4. The van der Waals surface area contributed by atoms with Crippen molar-refractivity contribution < 1.29 is 0 Å². The van der Waals surface area contributed by atoms with E-state index >= 15 is 0 Å². The molecule has 0 heteroatoms. The van der Waals surface area contributed by atoms with Gasteiger partial charge in [0.25, 0.3) is 0 Å². The van der Waals surface area contributed by atoms with Crippen molar-refractivity contribution in [2.24, 2.45) is 47.3 Å². The summed E-state index contributed by atoms with van der Waals surface area (Å²) in [6.07, 6.45) is 31.2. The van der Waals surface area contributed by atoms with Crippen LogP contribution >= 0.6 is 0 Å². The summed E-state index contributed by atoms with van der Waals surface area (Å²) in [4.78, 5) is 0. The predicted octanol–water partition coefficient (Wildman–Crippen LogP) is 8.58. The lowest BCUT2D eigenvalue weighted by atomic mass is 9.66. The van der Waals surface area contributed by atoms with Crippen LogP contribution in [-0.4, -0.2) is 0 Å². The Labute approximate surface area is 175 Å². The molecule has 3 saturated carbocycles. The number of hydrogen-bond donors (Lipinski definition) is 0. The molecule has 0 radical (unpaired) electrons. The van der Waals surface area contributed by atoms with Crippen molar-refractivity contribution in [2.45, 2.75) is 104 Å². The zero-order valence-corrected chi connectivity index (χ0v) is 18.8. The van der Waals surface area contributed by atoms with Gasteiger partial charge in [-0.05, 0) is 112 Å². The van der Waals surface area contributed by atoms with Gasteiger partial charge >= 0.3 is 0 Å². The fourth-order valence-electron chi connectivity index (χ4n) is 7.00. The van der Waals surface area contributed by atoms with E-state index in [0.717, 1.165) is 47.3 Å². The summed E-state index contributed by atoms with van der Waals surface area (Å²) in [6, 6.07) is 0. The van der Waals surface area contributed by atoms with Gasteiger partial charge in [-0.15, -0.1) is 0 Å². The van der Waals surface area contributed by atoms with Crippen LogP contribution in [0.2, 0.25) is 0 Å². The molecule has 4 aliphatic rings. The summed E-state index contributed by atoms with van der Waals surface area (Å²) < 4.78 is 0. The van der Waals surface area contributed by atoms with Gasteiger partial charge in [-0.2, -0.15) is 0 Å². The Balaban J connectivity index is 1.19. The van der Waals surface area contributed by atoms with E-state index in [1.54, 1.807) is 0 Å². The first-order chi connectivity index (χ1) is 13.7. The van der Waals surface area contributed by atoms with Crippen LogP contribution in [0.5, 0.6) is 0 Å². The molecule has 0 nitrogen and oxygen atoms in total. The average Bonchev–Trinajstić information content (AvgIpc) is 2.74. The van der Waals surface area contributed by atoms with Crippen LogP contribution in [0.4, 0.5) is 0 Å². The Bertz CT molecular complexity index is 504. The van der Waals surface area contributed by atoms with Gasteiger partial charge < -0.3 is 0 Å². The minimum absolute atomic E-state index is 0.733. The van der Waals surface area contributed by atoms with Gasteiger partial charge in [-0.25, -0.2) is 0 Å². The maximum absolute atomic E-state index is 2.63. The van der Waals surface area contributed by atoms with E-state index in [2.05, 4.69) is 38.2 Å². The molecule has 0 aromatic rings. The summed E-state index contributed by atoms with van der Waals surface area (Å²) in [5.41, 5.74) is 0. The third-order valence-corrected chi connectivity index (χ3v) is 9.28. The van der Waals surface area contributed by atoms with Gasteiger partial charge in [0.15, 0.2) is 0 Å². The van der Waals surface area contributed by atoms with E-state index in [4.69, 9.17) is 0 Å². The molecule has 3 fully saturated rings. The summed E-state index contributed by atoms with van der Waals surface area (Å²) in [5.74, 6) is 7.63. The topological polar surface area (TPSA) is 0 Å². The van der Waals surface area contributed by atoms with Gasteiger partial charge in [-0.3, -0.25) is 0 Å². The molecular weight excluding hydrogens is 336 g/mol. The number of rotatable bonds is 4. The van der Waals surface area contributed by atoms with E-state index in [1.165, 1.54) is 89.9 Å². The molecule has 0 N–H and O–H groups in total. The maximum Gasteiger partial charge on any atom is -0.00531 e. The van der Waals surface area contributed by atoms with Crippen LogP contribution in [0, 0.1) is 47.3 Å². The molecule has 158 valence electrons. The molecule has 2 unspecified atom stereocenters. The molecule has 0 aromatic carbocycles. The molecule has 0 heterocycles. The zero-order chi connectivity index (χ0) is 19.3. The standard InChI is InChI=1S/C28H46/c1-21-3-7-23(8-4-21)9-10-24-11-15-26(16-12-24)28-19-17-27(18-20-28)25-13-5-22(2)6-14-25/h9-11,15,21-28H,3-8,12-14,16-20H2,1-2H3/b10-9+. The van der Waals surface area contributed by atoms with Crippen molar-refractivity contribution >= 4 is 0 Å². The molecule has 2 atom stereocenters. The molecule has 4 rings (SSSR count). The summed E-state index contributed by atoms with van der Waals surface area (Å²) >= 11 is 0. The van der Waals surface area contributed by atoms with Gasteiger partial charge in [0, 0.05) is 0 Å². The zero-order valence-electron chi connectivity index (χ0n) is 18.8. The van der Waals surface area contributed by atoms with E-state index < -0.39 is 0 Å². The van der Waals surface area contributed by atoms with Crippen LogP contribution < -0.4 is 0 Å². The Morgan fingerprint density at radius 2 is 1.04 bits per heavy atom. The highest BCUT2D eigenvalue weighted by molar-refractivity contribution is 5.08. The van der Waals surface area contributed by atoms with Gasteiger partial charge in [0.2, 0.25) is 0 Å². The van der Waals surface area contributed by atoms with E-state index in [9.17, 15) is 0 Å². The quantitative estimate of drug-likeness (QED) is 0.427. The predicted molar refractivity (Wildman–Crippen MR) is 122 cm³/mol. The van der Waals surface area contributed by atoms with Crippen molar-refractivity contribution in [3.63, 3.8) is 0 Å².